The van der Waals surface area contributed by atoms with Gasteiger partial charge in [-0.2, -0.15) is 13.5 Å². The Morgan fingerprint density at radius 2 is 1.62 bits per heavy atom. The summed E-state index contributed by atoms with van der Waals surface area (Å²) in [5, 5.41) is 4.53. The zero-order valence-corrected chi connectivity index (χ0v) is 18.6. The molecule has 0 aliphatic carbocycles. The van der Waals surface area contributed by atoms with Crippen molar-refractivity contribution in [2.24, 2.45) is 0 Å². The first-order chi connectivity index (χ1) is 15.4. The van der Waals surface area contributed by atoms with E-state index in [1.54, 1.807) is 60.7 Å². The van der Waals surface area contributed by atoms with Crippen molar-refractivity contribution in [1.29, 1.82) is 0 Å². The fourth-order valence-corrected chi connectivity index (χ4v) is 4.32. The molecule has 4 aromatic rings. The summed E-state index contributed by atoms with van der Waals surface area (Å²) >= 11 is 6.29. The van der Waals surface area contributed by atoms with Crippen LogP contribution in [0.25, 0.3) is 0 Å². The normalized spacial score (nSPS) is 13.4. The second-order valence-corrected chi connectivity index (χ2v) is 8.99. The molecule has 0 aliphatic heterocycles. The molecule has 4 rings (SSSR count). The number of aromatic nitrogens is 3. The van der Waals surface area contributed by atoms with Gasteiger partial charge in [0.05, 0.1) is 9.92 Å². The van der Waals surface area contributed by atoms with Crippen LogP contribution in [-0.2, 0) is 14.3 Å². The Morgan fingerprint density at radius 3 is 2.28 bits per heavy atom. The lowest BCUT2D eigenvalue weighted by molar-refractivity contribution is -0.000730. The molecule has 0 saturated carbocycles. The van der Waals surface area contributed by atoms with Gasteiger partial charge in [-0.15, -0.1) is 0 Å². The summed E-state index contributed by atoms with van der Waals surface area (Å²) in [6.45, 7) is 1.88. The van der Waals surface area contributed by atoms with E-state index in [9.17, 15) is 8.42 Å². The quantitative estimate of drug-likeness (QED) is 0.339. The number of hydrogen-bond acceptors (Lipinski definition) is 6. The van der Waals surface area contributed by atoms with Gasteiger partial charge in [-0.05, 0) is 36.8 Å². The molecule has 7 nitrogen and oxygen atoms in total. The van der Waals surface area contributed by atoms with Crippen molar-refractivity contribution >= 4 is 21.7 Å². The van der Waals surface area contributed by atoms with Crippen LogP contribution in [0.1, 0.15) is 23.5 Å². The summed E-state index contributed by atoms with van der Waals surface area (Å²) in [7, 11) is -4.14. The monoisotopic (exact) mass is 469 g/mol. The molecule has 0 amide bonds. The molecule has 2 atom stereocenters. The van der Waals surface area contributed by atoms with Crippen LogP contribution < -0.4 is 4.74 Å². The van der Waals surface area contributed by atoms with Crippen molar-refractivity contribution in [3.8, 4) is 5.75 Å². The van der Waals surface area contributed by atoms with Crippen LogP contribution in [0.2, 0.25) is 5.02 Å². The zero-order chi connectivity index (χ0) is 22.6. The van der Waals surface area contributed by atoms with E-state index in [0.717, 1.165) is 5.56 Å². The Kier molecular flexibility index (Phi) is 6.55. The lowest BCUT2D eigenvalue weighted by Gasteiger charge is -2.28. The highest BCUT2D eigenvalue weighted by Crippen LogP contribution is 2.36. The fraction of sp³-hybridized carbons (Fsp3) is 0.130. The van der Waals surface area contributed by atoms with Crippen LogP contribution in [0.15, 0.2) is 96.4 Å². The van der Waals surface area contributed by atoms with E-state index >= 15 is 0 Å². The third-order valence-corrected chi connectivity index (χ3v) is 6.33. The number of halogens is 1. The average Bonchev–Trinajstić information content (AvgIpc) is 3.33. The number of para-hydroxylation sites is 1. The van der Waals surface area contributed by atoms with E-state index in [4.69, 9.17) is 20.5 Å². The lowest BCUT2D eigenvalue weighted by atomic mass is 10.1. The second-order valence-electron chi connectivity index (χ2n) is 7.01. The van der Waals surface area contributed by atoms with E-state index in [1.807, 2.05) is 13.0 Å². The number of ether oxygens (including phenoxy) is 1. The van der Waals surface area contributed by atoms with Crippen molar-refractivity contribution in [2.75, 3.05) is 0 Å². The maximum absolute atomic E-state index is 13.2. The van der Waals surface area contributed by atoms with Gasteiger partial charge in [0.2, 0.25) is 6.23 Å². The first-order valence-corrected chi connectivity index (χ1v) is 11.5. The molecule has 2 unspecified atom stereocenters. The molecule has 0 spiro atoms. The van der Waals surface area contributed by atoms with Gasteiger partial charge in [0.25, 0.3) is 10.1 Å². The predicted octanol–water partition coefficient (Wildman–Crippen LogP) is 4.96. The third kappa shape index (κ3) is 4.99. The van der Waals surface area contributed by atoms with Gasteiger partial charge in [-0.1, -0.05) is 71.8 Å². The van der Waals surface area contributed by atoms with Crippen molar-refractivity contribution in [1.82, 2.24) is 14.8 Å². The molecule has 0 N–H and O–H groups in total. The Balaban J connectivity index is 1.78. The minimum Gasteiger partial charge on any atom is -0.464 e. The first-order valence-electron chi connectivity index (χ1n) is 9.74. The van der Waals surface area contributed by atoms with E-state index in [2.05, 4.69) is 10.1 Å². The van der Waals surface area contributed by atoms with Crippen LogP contribution in [0.5, 0.6) is 5.75 Å². The highest BCUT2D eigenvalue weighted by Gasteiger charge is 2.34. The molecule has 9 heteroatoms. The average molecular weight is 470 g/mol. The van der Waals surface area contributed by atoms with Gasteiger partial charge >= 0.3 is 0 Å². The van der Waals surface area contributed by atoms with Gasteiger partial charge in [-0.3, -0.25) is 4.18 Å². The molecule has 0 bridgehead atoms. The fourth-order valence-electron chi connectivity index (χ4n) is 3.08. The molecule has 0 fully saturated rings. The van der Waals surface area contributed by atoms with Gasteiger partial charge in [0.1, 0.15) is 18.4 Å². The molecule has 0 saturated heterocycles. The van der Waals surface area contributed by atoms with Crippen LogP contribution in [0, 0.1) is 6.92 Å². The van der Waals surface area contributed by atoms with Gasteiger partial charge in [0.15, 0.2) is 6.10 Å². The highest BCUT2D eigenvalue weighted by atomic mass is 35.5. The zero-order valence-electron chi connectivity index (χ0n) is 17.1. The molecular formula is C23H20ClN3O4S. The first kappa shape index (κ1) is 22.0. The molecule has 3 aromatic carbocycles. The van der Waals surface area contributed by atoms with Gasteiger partial charge < -0.3 is 4.74 Å². The summed E-state index contributed by atoms with van der Waals surface area (Å²) in [6.07, 6.45) is 0.666. The van der Waals surface area contributed by atoms with E-state index in [0.29, 0.717) is 16.3 Å². The van der Waals surface area contributed by atoms with Crippen LogP contribution in [-0.4, -0.2) is 23.2 Å². The summed E-state index contributed by atoms with van der Waals surface area (Å²) in [4.78, 5) is 4.02. The maximum atomic E-state index is 13.2. The number of rotatable bonds is 8. The van der Waals surface area contributed by atoms with Crippen molar-refractivity contribution < 1.29 is 17.3 Å². The van der Waals surface area contributed by atoms with Crippen molar-refractivity contribution in [3.05, 3.63) is 108 Å². The number of nitrogens with zero attached hydrogens (tertiary/aromatic N) is 3. The van der Waals surface area contributed by atoms with Gasteiger partial charge in [-0.25, -0.2) is 9.67 Å². The highest BCUT2D eigenvalue weighted by molar-refractivity contribution is 7.86. The van der Waals surface area contributed by atoms with E-state index in [1.165, 1.54) is 29.5 Å². The molecule has 1 heterocycles. The molecular weight excluding hydrogens is 450 g/mol. The summed E-state index contributed by atoms with van der Waals surface area (Å²) < 4.78 is 39.6. The number of benzene rings is 3. The maximum Gasteiger partial charge on any atom is 0.297 e. The second kappa shape index (κ2) is 9.52. The minimum absolute atomic E-state index is 0.0408. The van der Waals surface area contributed by atoms with Crippen LogP contribution >= 0.6 is 11.6 Å². The standard InChI is InChI=1S/C23H20ClN3O4S/c1-17-11-13-19(14-12-17)32(28,29)31-22(18-7-3-2-4-8-18)23(27-16-25-15-26-27)30-21-10-6-5-9-20(21)24/h2-16,22-23H,1H3. The Labute approximate surface area is 191 Å². The molecule has 164 valence electrons. The summed E-state index contributed by atoms with van der Waals surface area (Å²) in [5.74, 6) is 0.354. The topological polar surface area (TPSA) is 83.3 Å². The van der Waals surface area contributed by atoms with Crippen molar-refractivity contribution in [2.45, 2.75) is 24.2 Å². The Morgan fingerprint density at radius 1 is 0.938 bits per heavy atom. The van der Waals surface area contributed by atoms with Gasteiger partial charge in [0, 0.05) is 0 Å². The number of hydrogen-bond donors (Lipinski definition) is 0. The third-order valence-electron chi connectivity index (χ3n) is 4.71. The molecule has 0 aliphatic rings. The van der Waals surface area contributed by atoms with E-state index < -0.39 is 22.4 Å². The molecule has 0 radical (unpaired) electrons. The SMILES string of the molecule is Cc1ccc(S(=O)(=O)OC(c2ccccc2)C(Oc2ccccc2Cl)n2cncn2)cc1. The molecule has 1 aromatic heterocycles. The molecule has 32 heavy (non-hydrogen) atoms. The van der Waals surface area contributed by atoms with Crippen molar-refractivity contribution in [3.63, 3.8) is 0 Å². The Hall–Kier alpha value is -3.20. The number of aryl methyl sites for hydroxylation is 1. The summed E-state index contributed by atoms with van der Waals surface area (Å²) in [5.41, 5.74) is 1.52. The minimum atomic E-state index is -4.14. The lowest BCUT2D eigenvalue weighted by Crippen LogP contribution is -2.28. The largest absolute Gasteiger partial charge is 0.464 e. The Bertz CT molecular complexity index is 1260. The van der Waals surface area contributed by atoms with E-state index in [-0.39, 0.29) is 4.90 Å². The smallest absolute Gasteiger partial charge is 0.297 e. The predicted molar refractivity (Wildman–Crippen MR) is 120 cm³/mol. The summed E-state index contributed by atoms with van der Waals surface area (Å²) in [6, 6.07) is 22.3. The van der Waals surface area contributed by atoms with Crippen LogP contribution in [0.3, 0.4) is 0 Å². The van der Waals surface area contributed by atoms with Crippen LogP contribution in [0.4, 0.5) is 0 Å².